The molecule has 0 aliphatic carbocycles. The van der Waals surface area contributed by atoms with Crippen molar-refractivity contribution in [1.82, 2.24) is 5.01 Å². The number of benzene rings is 2. The summed E-state index contributed by atoms with van der Waals surface area (Å²) in [5.74, 6) is -2.29. The molecule has 29 heavy (non-hydrogen) atoms. The first-order valence-corrected chi connectivity index (χ1v) is 9.74. The van der Waals surface area contributed by atoms with E-state index in [1.807, 2.05) is 0 Å². The maximum Gasteiger partial charge on any atom is 0.270 e. The monoisotopic (exact) mass is 423 g/mol. The van der Waals surface area contributed by atoms with Crippen molar-refractivity contribution >= 4 is 22.7 Å². The first kappa shape index (κ1) is 21.4. The van der Waals surface area contributed by atoms with E-state index >= 15 is 0 Å². The fourth-order valence-electron chi connectivity index (χ4n) is 3.16. The van der Waals surface area contributed by atoms with Crippen molar-refractivity contribution in [1.29, 1.82) is 0 Å². The maximum atomic E-state index is 14.4. The Kier molecular flexibility index (Phi) is 6.61. The Morgan fingerprint density at radius 3 is 2.66 bits per heavy atom. The number of nitrogens with two attached hydrogens (primary N) is 1. The zero-order valence-electron chi connectivity index (χ0n) is 15.7. The van der Waals surface area contributed by atoms with E-state index in [1.165, 1.54) is 30.3 Å². The summed E-state index contributed by atoms with van der Waals surface area (Å²) in [6, 6.07) is 8.80. The smallest absolute Gasteiger partial charge is 0.270 e. The lowest BCUT2D eigenvalue weighted by atomic mass is 10.00. The number of nitrogens with zero attached hydrogens (tertiary/aromatic N) is 2. The van der Waals surface area contributed by atoms with Crippen molar-refractivity contribution in [2.75, 3.05) is 20.3 Å². The van der Waals surface area contributed by atoms with Gasteiger partial charge >= 0.3 is 0 Å². The van der Waals surface area contributed by atoms with E-state index in [2.05, 4.69) is 5.10 Å². The van der Waals surface area contributed by atoms with E-state index in [0.717, 1.165) is 30.0 Å². The third-order valence-electron chi connectivity index (χ3n) is 4.46. The molecule has 0 saturated heterocycles. The molecule has 2 N–H and O–H groups in total. The number of halogens is 3. The van der Waals surface area contributed by atoms with Gasteiger partial charge in [-0.2, -0.15) is 5.10 Å². The molecular formula is C20H20F3N3O2S. The minimum absolute atomic E-state index is 0.0729. The highest BCUT2D eigenvalue weighted by molar-refractivity contribution is 8.15. The molecule has 5 nitrogen and oxygen atoms in total. The van der Waals surface area contributed by atoms with E-state index in [1.54, 1.807) is 6.07 Å². The zero-order valence-corrected chi connectivity index (χ0v) is 16.5. The van der Waals surface area contributed by atoms with Crippen LogP contribution >= 0.6 is 11.8 Å². The van der Waals surface area contributed by atoms with Crippen LogP contribution in [0.2, 0.25) is 0 Å². The molecule has 1 aliphatic heterocycles. The number of rotatable bonds is 7. The SMILES string of the molecule is COCC(=O)N1N=C(c2cc(F)ccc2F)SC1(CCCN)c1cccc(F)c1. The lowest BCUT2D eigenvalue weighted by molar-refractivity contribution is -0.138. The second-order valence-electron chi connectivity index (χ2n) is 6.46. The second kappa shape index (κ2) is 8.98. The van der Waals surface area contributed by atoms with Crippen LogP contribution in [0.15, 0.2) is 47.6 Å². The van der Waals surface area contributed by atoms with Crippen LogP contribution in [-0.4, -0.2) is 36.2 Å². The van der Waals surface area contributed by atoms with E-state index < -0.39 is 28.2 Å². The molecule has 0 bridgehead atoms. The van der Waals surface area contributed by atoms with Gasteiger partial charge in [-0.3, -0.25) is 4.79 Å². The van der Waals surface area contributed by atoms with Gasteiger partial charge in [0.25, 0.3) is 5.91 Å². The van der Waals surface area contributed by atoms with E-state index in [9.17, 15) is 18.0 Å². The molecule has 1 atom stereocenters. The van der Waals surface area contributed by atoms with Crippen LogP contribution in [0.5, 0.6) is 0 Å². The second-order valence-corrected chi connectivity index (χ2v) is 7.72. The molecule has 2 aromatic carbocycles. The summed E-state index contributed by atoms with van der Waals surface area (Å²) in [7, 11) is 1.36. The average molecular weight is 423 g/mol. The number of hydrazone groups is 1. The number of ether oxygens (including phenoxy) is 1. The summed E-state index contributed by atoms with van der Waals surface area (Å²) in [5.41, 5.74) is 6.08. The molecule has 1 unspecified atom stereocenters. The van der Waals surface area contributed by atoms with Gasteiger partial charge in [0.2, 0.25) is 0 Å². The number of hydrogen-bond donors (Lipinski definition) is 1. The molecule has 1 heterocycles. The maximum absolute atomic E-state index is 14.4. The summed E-state index contributed by atoms with van der Waals surface area (Å²) < 4.78 is 47.1. The highest BCUT2D eigenvalue weighted by Gasteiger charge is 2.48. The van der Waals surface area contributed by atoms with E-state index in [0.29, 0.717) is 24.9 Å². The number of thioether (sulfide) groups is 1. The van der Waals surface area contributed by atoms with Crippen LogP contribution in [0.1, 0.15) is 24.0 Å². The third-order valence-corrected chi connectivity index (χ3v) is 5.90. The number of hydrogen-bond acceptors (Lipinski definition) is 5. The van der Waals surface area contributed by atoms with Gasteiger partial charge in [0.1, 0.15) is 34.0 Å². The Labute approximate surface area is 170 Å². The van der Waals surface area contributed by atoms with Crippen molar-refractivity contribution in [3.05, 3.63) is 71.0 Å². The quantitative estimate of drug-likeness (QED) is 0.739. The zero-order chi connectivity index (χ0) is 21.0. The summed E-state index contributed by atoms with van der Waals surface area (Å²) in [6.07, 6.45) is 0.825. The van der Waals surface area contributed by atoms with Crippen LogP contribution in [-0.2, 0) is 14.4 Å². The van der Waals surface area contributed by atoms with Crippen LogP contribution in [0.3, 0.4) is 0 Å². The Balaban J connectivity index is 2.15. The molecular weight excluding hydrogens is 403 g/mol. The molecule has 1 aliphatic rings. The lowest BCUT2D eigenvalue weighted by Crippen LogP contribution is -2.43. The Morgan fingerprint density at radius 2 is 1.97 bits per heavy atom. The molecule has 2 aromatic rings. The molecule has 1 amide bonds. The van der Waals surface area contributed by atoms with Gasteiger partial charge in [-0.1, -0.05) is 23.9 Å². The highest BCUT2D eigenvalue weighted by atomic mass is 32.2. The fraction of sp³-hybridized carbons (Fsp3) is 0.300. The van der Waals surface area contributed by atoms with Crippen molar-refractivity contribution in [3.8, 4) is 0 Å². The van der Waals surface area contributed by atoms with Gasteiger partial charge in [0.05, 0.1) is 0 Å². The molecule has 3 rings (SSSR count). The van der Waals surface area contributed by atoms with E-state index in [-0.39, 0.29) is 17.2 Å². The molecule has 154 valence electrons. The highest BCUT2D eigenvalue weighted by Crippen LogP contribution is 2.50. The number of carbonyl (C=O) groups is 1. The molecule has 0 fully saturated rings. The Morgan fingerprint density at radius 1 is 1.21 bits per heavy atom. The van der Waals surface area contributed by atoms with Crippen LogP contribution < -0.4 is 5.73 Å². The van der Waals surface area contributed by atoms with Crippen molar-refractivity contribution in [2.24, 2.45) is 10.8 Å². The predicted octanol–water partition coefficient (Wildman–Crippen LogP) is 3.58. The number of amides is 1. The van der Waals surface area contributed by atoms with Crippen LogP contribution in [0.4, 0.5) is 13.2 Å². The topological polar surface area (TPSA) is 67.9 Å². The van der Waals surface area contributed by atoms with Gasteiger partial charge < -0.3 is 10.5 Å². The van der Waals surface area contributed by atoms with Crippen LogP contribution in [0.25, 0.3) is 0 Å². The Bertz CT molecular complexity index is 941. The Hall–Kier alpha value is -2.36. The normalized spacial score (nSPS) is 18.8. The van der Waals surface area contributed by atoms with Gasteiger partial charge in [0.15, 0.2) is 0 Å². The van der Waals surface area contributed by atoms with Gasteiger partial charge in [-0.25, -0.2) is 18.2 Å². The molecule has 0 aromatic heterocycles. The lowest BCUT2D eigenvalue weighted by Gasteiger charge is -2.35. The summed E-state index contributed by atoms with van der Waals surface area (Å²) in [6.45, 7) is 0.0518. The fourth-order valence-corrected chi connectivity index (χ4v) is 4.59. The third kappa shape index (κ3) is 4.31. The summed E-state index contributed by atoms with van der Waals surface area (Å²) in [5, 5.41) is 5.59. The van der Waals surface area contributed by atoms with Crippen molar-refractivity contribution in [3.63, 3.8) is 0 Å². The minimum Gasteiger partial charge on any atom is -0.375 e. The van der Waals surface area contributed by atoms with Gasteiger partial charge in [-0.05, 0) is 55.3 Å². The summed E-state index contributed by atoms with van der Waals surface area (Å²) >= 11 is 1.07. The van der Waals surface area contributed by atoms with Crippen LogP contribution in [0, 0.1) is 17.5 Å². The molecule has 0 saturated carbocycles. The number of methoxy groups -OCH3 is 1. The average Bonchev–Trinajstić information content (AvgIpc) is 3.09. The standard InChI is InChI=1S/C20H20F3N3O2S/c1-28-12-18(27)26-20(8-3-9-24,13-4-2-5-14(21)10-13)29-19(25-26)16-11-15(22)6-7-17(16)23/h2,4-7,10-11H,3,8-9,12,24H2,1H3. The van der Waals surface area contributed by atoms with Crippen molar-refractivity contribution in [2.45, 2.75) is 17.7 Å². The molecule has 0 spiro atoms. The summed E-state index contributed by atoms with van der Waals surface area (Å²) in [4.78, 5) is 11.6. The first-order valence-electron chi connectivity index (χ1n) is 8.92. The number of carbonyl (C=O) groups excluding carboxylic acids is 1. The van der Waals surface area contributed by atoms with Gasteiger partial charge in [-0.15, -0.1) is 0 Å². The largest absolute Gasteiger partial charge is 0.375 e. The first-order chi connectivity index (χ1) is 13.9. The van der Waals surface area contributed by atoms with Crippen molar-refractivity contribution < 1.29 is 22.7 Å². The van der Waals surface area contributed by atoms with E-state index in [4.69, 9.17) is 10.5 Å². The molecule has 0 radical (unpaired) electrons. The molecule has 9 heteroatoms. The van der Waals surface area contributed by atoms with Gasteiger partial charge in [0, 0.05) is 12.7 Å². The minimum atomic E-state index is -1.16. The predicted molar refractivity (Wildman–Crippen MR) is 106 cm³/mol.